The Bertz CT molecular complexity index is 817. The van der Waals surface area contributed by atoms with Gasteiger partial charge in [0.2, 0.25) is 0 Å². The summed E-state index contributed by atoms with van der Waals surface area (Å²) in [7, 11) is 0. The minimum absolute atomic E-state index is 0.0401. The van der Waals surface area contributed by atoms with Gasteiger partial charge in [0.1, 0.15) is 0 Å². The SMILES string of the molecule is CC(=O)OCC(=O)Nc1c(I)c(C(=O)Cl)c(C)c(C(=O)NCC(O)CO)c1I. The number of carbonyl (C=O) groups is 4. The molecule has 4 N–H and O–H groups in total. The zero-order chi connectivity index (χ0) is 21.6. The van der Waals surface area contributed by atoms with Crippen molar-refractivity contribution in [1.82, 2.24) is 5.32 Å². The smallest absolute Gasteiger partial charge is 0.303 e. The van der Waals surface area contributed by atoms with Gasteiger partial charge in [0.05, 0.1) is 36.7 Å². The number of aliphatic hydroxyl groups excluding tert-OH is 2. The first-order chi connectivity index (χ1) is 13.0. The van der Waals surface area contributed by atoms with Crippen molar-refractivity contribution in [3.8, 4) is 0 Å². The summed E-state index contributed by atoms with van der Waals surface area (Å²) in [6.07, 6.45) is -1.15. The van der Waals surface area contributed by atoms with Gasteiger partial charge < -0.3 is 25.6 Å². The lowest BCUT2D eigenvalue weighted by atomic mass is 10.0. The Morgan fingerprint density at radius 1 is 1.18 bits per heavy atom. The number of esters is 1. The highest BCUT2D eigenvalue weighted by Gasteiger charge is 2.27. The summed E-state index contributed by atoms with van der Waals surface area (Å²) in [6, 6.07) is 0. The third-order valence-corrected chi connectivity index (χ3v) is 5.78. The van der Waals surface area contributed by atoms with Crippen LogP contribution in [0.3, 0.4) is 0 Å². The monoisotopic (exact) mass is 638 g/mol. The lowest BCUT2D eigenvalue weighted by Gasteiger charge is -2.19. The van der Waals surface area contributed by atoms with E-state index < -0.39 is 42.3 Å². The molecule has 12 heteroatoms. The molecule has 0 aliphatic carbocycles. The number of anilines is 1. The highest BCUT2D eigenvalue weighted by molar-refractivity contribution is 14.1. The van der Waals surface area contributed by atoms with Gasteiger partial charge in [-0.2, -0.15) is 0 Å². The fourth-order valence-corrected chi connectivity index (χ4v) is 5.14. The van der Waals surface area contributed by atoms with Gasteiger partial charge in [0, 0.05) is 13.5 Å². The number of nitrogens with one attached hydrogen (secondary N) is 2. The highest BCUT2D eigenvalue weighted by atomic mass is 127. The normalized spacial score (nSPS) is 11.5. The number of hydrogen-bond donors (Lipinski definition) is 4. The Hall–Kier alpha value is -1.03. The van der Waals surface area contributed by atoms with E-state index >= 15 is 0 Å². The van der Waals surface area contributed by atoms with Gasteiger partial charge in [-0.05, 0) is 69.3 Å². The number of aliphatic hydroxyl groups is 2. The van der Waals surface area contributed by atoms with Crippen LogP contribution in [0.5, 0.6) is 0 Å². The number of ether oxygens (including phenoxy) is 1. The summed E-state index contributed by atoms with van der Waals surface area (Å²) >= 11 is 9.33. The molecule has 9 nitrogen and oxygen atoms in total. The molecular weight excluding hydrogens is 621 g/mol. The van der Waals surface area contributed by atoms with Crippen LogP contribution < -0.4 is 10.6 Å². The second kappa shape index (κ2) is 11.2. The Morgan fingerprint density at radius 3 is 2.25 bits per heavy atom. The molecule has 0 aliphatic rings. The molecule has 1 unspecified atom stereocenters. The van der Waals surface area contributed by atoms with Crippen LogP contribution in [0, 0.1) is 14.1 Å². The second-order valence-electron chi connectivity index (χ2n) is 5.53. The molecule has 0 radical (unpaired) electrons. The van der Waals surface area contributed by atoms with Crippen LogP contribution in [0.4, 0.5) is 5.69 Å². The van der Waals surface area contributed by atoms with E-state index in [2.05, 4.69) is 15.4 Å². The van der Waals surface area contributed by atoms with Crippen molar-refractivity contribution in [3.63, 3.8) is 0 Å². The molecule has 1 aromatic rings. The summed E-state index contributed by atoms with van der Waals surface area (Å²) in [4.78, 5) is 47.4. The van der Waals surface area contributed by atoms with Crippen molar-refractivity contribution in [1.29, 1.82) is 0 Å². The summed E-state index contributed by atoms with van der Waals surface area (Å²) < 4.78 is 5.28. The second-order valence-corrected chi connectivity index (χ2v) is 8.03. The molecule has 28 heavy (non-hydrogen) atoms. The topological polar surface area (TPSA) is 142 Å². The number of hydrogen-bond acceptors (Lipinski definition) is 7. The highest BCUT2D eigenvalue weighted by Crippen LogP contribution is 2.35. The Balaban J connectivity index is 3.38. The van der Waals surface area contributed by atoms with E-state index in [1.165, 1.54) is 6.92 Å². The lowest BCUT2D eigenvalue weighted by Crippen LogP contribution is -2.35. The van der Waals surface area contributed by atoms with Crippen LogP contribution in [0.25, 0.3) is 0 Å². The van der Waals surface area contributed by atoms with Crippen LogP contribution in [-0.2, 0) is 14.3 Å². The van der Waals surface area contributed by atoms with Gasteiger partial charge in [-0.15, -0.1) is 0 Å². The maximum atomic E-state index is 12.6. The summed E-state index contributed by atoms with van der Waals surface area (Å²) in [6.45, 7) is 1.40. The van der Waals surface area contributed by atoms with Crippen molar-refractivity contribution < 1.29 is 34.1 Å². The first kappa shape index (κ1) is 25.0. The van der Waals surface area contributed by atoms with Crippen molar-refractivity contribution >= 4 is 85.5 Å². The van der Waals surface area contributed by atoms with Crippen molar-refractivity contribution in [2.24, 2.45) is 0 Å². The molecule has 0 aliphatic heterocycles. The summed E-state index contributed by atoms with van der Waals surface area (Å²) in [5, 5.41) is 22.4. The maximum Gasteiger partial charge on any atom is 0.303 e. The fraction of sp³-hybridized carbons (Fsp3) is 0.375. The zero-order valence-electron chi connectivity index (χ0n) is 14.8. The standard InChI is InChI=1S/C16H17ClI2N2O7/c1-6-10(15(17)26)12(18)14(21-9(25)5-28-7(2)23)13(19)11(6)16(27)20-3-8(24)4-22/h8,22,24H,3-5H2,1-2H3,(H,20,27)(H,21,25). The molecule has 2 amide bonds. The summed E-state index contributed by atoms with van der Waals surface area (Å²) in [5.41, 5.74) is 0.583. The van der Waals surface area contributed by atoms with Crippen molar-refractivity contribution in [2.75, 3.05) is 25.1 Å². The average molecular weight is 639 g/mol. The Morgan fingerprint density at radius 2 is 1.75 bits per heavy atom. The van der Waals surface area contributed by atoms with E-state index in [1.807, 2.05) is 45.2 Å². The lowest BCUT2D eigenvalue weighted by molar-refractivity contribution is -0.144. The van der Waals surface area contributed by atoms with Gasteiger partial charge in [-0.1, -0.05) is 0 Å². The van der Waals surface area contributed by atoms with E-state index in [4.69, 9.17) is 16.7 Å². The molecule has 0 spiro atoms. The molecule has 0 fully saturated rings. The zero-order valence-corrected chi connectivity index (χ0v) is 19.8. The van der Waals surface area contributed by atoms with E-state index in [0.717, 1.165) is 6.92 Å². The minimum atomic E-state index is -1.15. The van der Waals surface area contributed by atoms with Crippen LogP contribution in [0.1, 0.15) is 33.2 Å². The van der Waals surface area contributed by atoms with Crippen molar-refractivity contribution in [3.05, 3.63) is 23.8 Å². The first-order valence-corrected chi connectivity index (χ1v) is 10.3. The maximum absolute atomic E-state index is 12.6. The molecule has 0 aromatic heterocycles. The predicted octanol–water partition coefficient (Wildman–Crippen LogP) is 1.17. The number of halogens is 3. The largest absolute Gasteiger partial charge is 0.456 e. The predicted molar refractivity (Wildman–Crippen MR) is 117 cm³/mol. The molecule has 0 bridgehead atoms. The number of benzene rings is 1. The third kappa shape index (κ3) is 6.50. The van der Waals surface area contributed by atoms with E-state index in [1.54, 1.807) is 0 Å². The van der Waals surface area contributed by atoms with E-state index in [-0.39, 0.29) is 23.4 Å². The minimum Gasteiger partial charge on any atom is -0.456 e. The molecule has 1 rings (SSSR count). The first-order valence-electron chi connectivity index (χ1n) is 7.72. The molecular formula is C16H17ClI2N2O7. The summed E-state index contributed by atoms with van der Waals surface area (Å²) in [5.74, 6) is -1.92. The number of carbonyl (C=O) groups excluding carboxylic acids is 4. The van der Waals surface area contributed by atoms with Crippen LogP contribution >= 0.6 is 56.8 Å². The van der Waals surface area contributed by atoms with Crippen LogP contribution in [0.2, 0.25) is 0 Å². The van der Waals surface area contributed by atoms with Gasteiger partial charge >= 0.3 is 5.97 Å². The molecule has 0 saturated carbocycles. The molecule has 1 atom stereocenters. The number of rotatable bonds is 8. The van der Waals surface area contributed by atoms with Gasteiger partial charge in [-0.25, -0.2) is 0 Å². The van der Waals surface area contributed by atoms with E-state index in [9.17, 15) is 24.3 Å². The van der Waals surface area contributed by atoms with Gasteiger partial charge in [-0.3, -0.25) is 19.2 Å². The van der Waals surface area contributed by atoms with Gasteiger partial charge in [0.15, 0.2) is 6.61 Å². The fourth-order valence-electron chi connectivity index (χ4n) is 2.12. The van der Waals surface area contributed by atoms with Crippen molar-refractivity contribution in [2.45, 2.75) is 20.0 Å². The molecule has 0 saturated heterocycles. The van der Waals surface area contributed by atoms with Crippen LogP contribution in [-0.4, -0.2) is 59.1 Å². The Kier molecular flexibility index (Phi) is 10.0. The Labute approximate surface area is 192 Å². The quantitative estimate of drug-likeness (QED) is 0.190. The van der Waals surface area contributed by atoms with E-state index in [0.29, 0.717) is 12.7 Å². The number of amides is 2. The van der Waals surface area contributed by atoms with Gasteiger partial charge in [0.25, 0.3) is 17.1 Å². The molecule has 0 heterocycles. The third-order valence-electron chi connectivity index (χ3n) is 3.43. The average Bonchev–Trinajstić information content (AvgIpc) is 2.61. The molecule has 154 valence electrons. The molecule has 1 aromatic carbocycles. The van der Waals surface area contributed by atoms with Crippen LogP contribution in [0.15, 0.2) is 0 Å².